The molecule has 1 N–H and O–H groups in total. The van der Waals surface area contributed by atoms with E-state index in [0.717, 1.165) is 51.0 Å². The van der Waals surface area contributed by atoms with Crippen molar-refractivity contribution in [1.29, 1.82) is 0 Å². The van der Waals surface area contributed by atoms with Crippen molar-refractivity contribution in [3.8, 4) is 5.75 Å². The Bertz CT molecular complexity index is 813. The zero-order valence-corrected chi connectivity index (χ0v) is 14.8. The molecule has 3 aromatic carbocycles. The first-order valence-electron chi connectivity index (χ1n) is 8.11. The number of ether oxygens (including phenoxy) is 1. The number of aliphatic hydroxyl groups excluding tert-OH is 1. The number of unbranched alkanes of at least 4 members (excludes halogenated alkanes) is 1. The third-order valence-corrected chi connectivity index (χ3v) is 4.58. The third-order valence-electron chi connectivity index (χ3n) is 4.09. The van der Waals surface area contributed by atoms with Crippen LogP contribution in [0.15, 0.2) is 53.0 Å². The number of fused-ring (bicyclic) bond motifs is 2. The van der Waals surface area contributed by atoms with Crippen molar-refractivity contribution < 1.29 is 9.84 Å². The van der Waals surface area contributed by atoms with E-state index in [0.29, 0.717) is 6.61 Å². The van der Waals surface area contributed by atoms with Crippen LogP contribution in [0.5, 0.6) is 5.75 Å². The van der Waals surface area contributed by atoms with Gasteiger partial charge in [-0.25, -0.2) is 0 Å². The Balaban J connectivity index is 2.02. The van der Waals surface area contributed by atoms with Gasteiger partial charge in [0.15, 0.2) is 0 Å². The first-order valence-corrected chi connectivity index (χ1v) is 8.90. The summed E-state index contributed by atoms with van der Waals surface area (Å²) in [5, 5.41) is 14.6. The molecule has 3 heteroatoms. The second-order valence-electron chi connectivity index (χ2n) is 5.90. The number of aliphatic hydroxyl groups is 1. The smallest absolute Gasteiger partial charge is 0.135 e. The lowest BCUT2D eigenvalue weighted by molar-refractivity contribution is 0.0995. The zero-order chi connectivity index (χ0) is 16.2. The van der Waals surface area contributed by atoms with Crippen molar-refractivity contribution >= 4 is 37.5 Å². The lowest BCUT2D eigenvalue weighted by Crippen LogP contribution is -2.17. The molecule has 1 unspecified atom stereocenters. The SMILES string of the molecule is CCCCC(O)COc1c2ccccc2cc2ccc(Br)cc12. The summed E-state index contributed by atoms with van der Waals surface area (Å²) in [4.78, 5) is 0. The van der Waals surface area contributed by atoms with E-state index in [1.54, 1.807) is 0 Å². The van der Waals surface area contributed by atoms with Crippen LogP contribution < -0.4 is 4.74 Å². The van der Waals surface area contributed by atoms with Gasteiger partial charge in [-0.3, -0.25) is 0 Å². The fourth-order valence-corrected chi connectivity index (χ4v) is 3.21. The zero-order valence-electron chi connectivity index (χ0n) is 13.3. The maximum absolute atomic E-state index is 10.1. The molecule has 0 aliphatic carbocycles. The van der Waals surface area contributed by atoms with Crippen LogP contribution in [-0.4, -0.2) is 17.8 Å². The molecule has 0 radical (unpaired) electrons. The van der Waals surface area contributed by atoms with Crippen molar-refractivity contribution in [2.24, 2.45) is 0 Å². The molecule has 2 nitrogen and oxygen atoms in total. The summed E-state index contributed by atoms with van der Waals surface area (Å²) < 4.78 is 7.10. The predicted molar refractivity (Wildman–Crippen MR) is 100 cm³/mol. The normalized spacial score (nSPS) is 12.7. The van der Waals surface area contributed by atoms with E-state index in [-0.39, 0.29) is 0 Å². The predicted octanol–water partition coefficient (Wildman–Crippen LogP) is 5.69. The van der Waals surface area contributed by atoms with Gasteiger partial charge in [0.2, 0.25) is 0 Å². The molecule has 0 bridgehead atoms. The van der Waals surface area contributed by atoms with E-state index < -0.39 is 6.10 Å². The highest BCUT2D eigenvalue weighted by Gasteiger charge is 2.11. The van der Waals surface area contributed by atoms with Crippen molar-refractivity contribution in [3.63, 3.8) is 0 Å². The standard InChI is InChI=1S/C20H21BrO2/c1-2-3-7-17(22)13-23-20-18-8-5-4-6-14(18)11-15-9-10-16(21)12-19(15)20/h4-6,8-12,17,22H,2-3,7,13H2,1H3. The lowest BCUT2D eigenvalue weighted by atomic mass is 10.0. The van der Waals surface area contributed by atoms with Gasteiger partial charge in [-0.2, -0.15) is 0 Å². The molecule has 0 heterocycles. The van der Waals surface area contributed by atoms with Crippen molar-refractivity contribution in [3.05, 3.63) is 53.0 Å². The van der Waals surface area contributed by atoms with Gasteiger partial charge in [-0.15, -0.1) is 0 Å². The molecule has 1 atom stereocenters. The topological polar surface area (TPSA) is 29.5 Å². The van der Waals surface area contributed by atoms with Crippen LogP contribution in [0.4, 0.5) is 0 Å². The number of halogens is 1. The second kappa shape index (κ2) is 7.33. The summed E-state index contributed by atoms with van der Waals surface area (Å²) in [7, 11) is 0. The summed E-state index contributed by atoms with van der Waals surface area (Å²) >= 11 is 3.54. The van der Waals surface area contributed by atoms with Gasteiger partial charge in [0.1, 0.15) is 12.4 Å². The monoisotopic (exact) mass is 372 g/mol. The highest BCUT2D eigenvalue weighted by Crippen LogP contribution is 2.36. The molecule has 0 spiro atoms. The molecule has 0 aromatic heterocycles. The molecular formula is C20H21BrO2. The quantitative estimate of drug-likeness (QED) is 0.563. The summed E-state index contributed by atoms with van der Waals surface area (Å²) in [6.45, 7) is 2.46. The van der Waals surface area contributed by atoms with Crippen molar-refractivity contribution in [1.82, 2.24) is 0 Å². The van der Waals surface area contributed by atoms with Gasteiger partial charge >= 0.3 is 0 Å². The number of benzene rings is 3. The Morgan fingerprint density at radius 2 is 1.83 bits per heavy atom. The van der Waals surface area contributed by atoms with Crippen LogP contribution in [0.3, 0.4) is 0 Å². The molecule has 23 heavy (non-hydrogen) atoms. The van der Waals surface area contributed by atoms with E-state index in [4.69, 9.17) is 4.74 Å². The van der Waals surface area contributed by atoms with Crippen molar-refractivity contribution in [2.45, 2.75) is 32.3 Å². The molecule has 0 aliphatic heterocycles. The summed E-state index contributed by atoms with van der Waals surface area (Å²) in [5.41, 5.74) is 0. The largest absolute Gasteiger partial charge is 0.490 e. The number of hydrogen-bond acceptors (Lipinski definition) is 2. The van der Waals surface area contributed by atoms with E-state index in [2.05, 4.69) is 53.2 Å². The minimum absolute atomic E-state index is 0.329. The fraction of sp³-hybridized carbons (Fsp3) is 0.300. The summed E-state index contributed by atoms with van der Waals surface area (Å²) in [6.07, 6.45) is 2.47. The molecule has 0 amide bonds. The average Bonchev–Trinajstić information content (AvgIpc) is 2.57. The Kier molecular flexibility index (Phi) is 5.19. The van der Waals surface area contributed by atoms with E-state index in [1.165, 1.54) is 0 Å². The van der Waals surface area contributed by atoms with Gasteiger partial charge < -0.3 is 9.84 Å². The Labute approximate surface area is 145 Å². The lowest BCUT2D eigenvalue weighted by Gasteiger charge is -2.16. The molecule has 3 aromatic rings. The van der Waals surface area contributed by atoms with Crippen molar-refractivity contribution in [2.75, 3.05) is 6.61 Å². The number of rotatable bonds is 6. The van der Waals surface area contributed by atoms with E-state index in [9.17, 15) is 5.11 Å². The van der Waals surface area contributed by atoms with E-state index >= 15 is 0 Å². The Hall–Kier alpha value is -1.58. The molecule has 0 saturated carbocycles. The molecule has 0 saturated heterocycles. The molecule has 3 rings (SSSR count). The van der Waals surface area contributed by atoms with Crippen LogP contribution in [0.2, 0.25) is 0 Å². The van der Waals surface area contributed by atoms with Crippen LogP contribution in [-0.2, 0) is 0 Å². The van der Waals surface area contributed by atoms with Gasteiger partial charge in [-0.1, -0.05) is 66.0 Å². The average molecular weight is 373 g/mol. The highest BCUT2D eigenvalue weighted by molar-refractivity contribution is 9.10. The minimum atomic E-state index is -0.420. The third kappa shape index (κ3) is 3.67. The van der Waals surface area contributed by atoms with Gasteiger partial charge in [0.25, 0.3) is 0 Å². The Morgan fingerprint density at radius 1 is 1.04 bits per heavy atom. The summed E-state index contributed by atoms with van der Waals surface area (Å²) in [6, 6.07) is 16.6. The van der Waals surface area contributed by atoms with Gasteiger partial charge in [0, 0.05) is 15.2 Å². The molecule has 0 fully saturated rings. The Morgan fingerprint density at radius 3 is 2.65 bits per heavy atom. The molecular weight excluding hydrogens is 352 g/mol. The second-order valence-corrected chi connectivity index (χ2v) is 6.82. The molecule has 0 aliphatic rings. The van der Waals surface area contributed by atoms with E-state index in [1.807, 2.05) is 18.2 Å². The van der Waals surface area contributed by atoms with Crippen LogP contribution in [0.25, 0.3) is 21.5 Å². The van der Waals surface area contributed by atoms with Gasteiger partial charge in [-0.05, 0) is 35.4 Å². The maximum Gasteiger partial charge on any atom is 0.135 e. The number of hydrogen-bond donors (Lipinski definition) is 1. The first kappa shape index (κ1) is 16.3. The minimum Gasteiger partial charge on any atom is -0.490 e. The van der Waals surface area contributed by atoms with Gasteiger partial charge in [0.05, 0.1) is 6.10 Å². The highest BCUT2D eigenvalue weighted by atomic mass is 79.9. The van der Waals surface area contributed by atoms with Crippen LogP contribution in [0.1, 0.15) is 26.2 Å². The maximum atomic E-state index is 10.1. The molecule has 120 valence electrons. The van der Waals surface area contributed by atoms with Crippen LogP contribution in [0, 0.1) is 0 Å². The van der Waals surface area contributed by atoms with Crippen LogP contribution >= 0.6 is 15.9 Å². The first-order chi connectivity index (χ1) is 11.2. The fourth-order valence-electron chi connectivity index (χ4n) is 2.85. The summed E-state index contributed by atoms with van der Waals surface area (Å²) in [5.74, 6) is 0.856.